The zero-order valence-corrected chi connectivity index (χ0v) is 15.2. The normalized spacial score (nSPS) is 19.2. The van der Waals surface area contributed by atoms with E-state index in [9.17, 15) is 0 Å². The summed E-state index contributed by atoms with van der Waals surface area (Å²) in [6, 6.07) is 0. The van der Waals surface area contributed by atoms with Gasteiger partial charge in [-0.1, -0.05) is 33.1 Å². The zero-order valence-electron chi connectivity index (χ0n) is 15.2. The van der Waals surface area contributed by atoms with Crippen molar-refractivity contribution in [2.24, 2.45) is 10.9 Å². The van der Waals surface area contributed by atoms with Gasteiger partial charge in [-0.05, 0) is 19.4 Å². The molecule has 22 heavy (non-hydrogen) atoms. The first-order valence-electron chi connectivity index (χ1n) is 9.01. The van der Waals surface area contributed by atoms with Crippen LogP contribution in [0.4, 0.5) is 0 Å². The van der Waals surface area contributed by atoms with Crippen LogP contribution in [0.1, 0.15) is 39.5 Å². The predicted molar refractivity (Wildman–Crippen MR) is 96.6 cm³/mol. The summed E-state index contributed by atoms with van der Waals surface area (Å²) < 4.78 is 0. The summed E-state index contributed by atoms with van der Waals surface area (Å²) in [5.74, 6) is 1.59. The van der Waals surface area contributed by atoms with Crippen molar-refractivity contribution in [2.75, 3.05) is 59.9 Å². The second-order valence-corrected chi connectivity index (χ2v) is 6.65. The van der Waals surface area contributed by atoms with Gasteiger partial charge in [0.1, 0.15) is 0 Å². The molecule has 1 atom stereocenters. The molecule has 1 heterocycles. The van der Waals surface area contributed by atoms with Crippen molar-refractivity contribution in [3.8, 4) is 0 Å². The molecule has 0 bridgehead atoms. The van der Waals surface area contributed by atoms with Gasteiger partial charge in [-0.2, -0.15) is 0 Å². The first-order chi connectivity index (χ1) is 10.7. The summed E-state index contributed by atoms with van der Waals surface area (Å²) in [6.45, 7) is 12.5. The molecule has 1 fully saturated rings. The van der Waals surface area contributed by atoms with Crippen molar-refractivity contribution in [2.45, 2.75) is 39.5 Å². The third-order valence-corrected chi connectivity index (χ3v) is 4.33. The molecule has 5 nitrogen and oxygen atoms in total. The highest BCUT2D eigenvalue weighted by atomic mass is 15.2. The Balaban J connectivity index is 2.11. The molecule has 0 aromatic heterocycles. The van der Waals surface area contributed by atoms with E-state index >= 15 is 0 Å². The predicted octanol–water partition coefficient (Wildman–Crippen LogP) is 1.62. The van der Waals surface area contributed by atoms with E-state index in [1.165, 1.54) is 58.4 Å². The molecule has 1 unspecified atom stereocenters. The molecule has 0 aliphatic carbocycles. The van der Waals surface area contributed by atoms with E-state index in [4.69, 9.17) is 0 Å². The van der Waals surface area contributed by atoms with Gasteiger partial charge < -0.3 is 20.4 Å². The van der Waals surface area contributed by atoms with Gasteiger partial charge in [0.15, 0.2) is 5.96 Å². The van der Waals surface area contributed by atoms with Crippen LogP contribution in [-0.2, 0) is 0 Å². The summed E-state index contributed by atoms with van der Waals surface area (Å²) in [5.41, 5.74) is 0. The van der Waals surface area contributed by atoms with Gasteiger partial charge in [0.25, 0.3) is 0 Å². The van der Waals surface area contributed by atoms with Crippen molar-refractivity contribution in [1.82, 2.24) is 20.4 Å². The molecule has 0 spiro atoms. The molecule has 1 saturated heterocycles. The lowest BCUT2D eigenvalue weighted by Crippen LogP contribution is -2.47. The number of nitrogens with zero attached hydrogens (tertiary/aromatic N) is 3. The van der Waals surface area contributed by atoms with E-state index in [1.54, 1.807) is 0 Å². The summed E-state index contributed by atoms with van der Waals surface area (Å²) in [6.07, 6.45) is 5.15. The Bertz CT molecular complexity index is 297. The summed E-state index contributed by atoms with van der Waals surface area (Å²) in [4.78, 5) is 9.29. The lowest BCUT2D eigenvalue weighted by Gasteiger charge is -2.34. The van der Waals surface area contributed by atoms with Gasteiger partial charge in [0.05, 0.1) is 0 Å². The van der Waals surface area contributed by atoms with Crippen LogP contribution >= 0.6 is 0 Å². The molecule has 0 aromatic carbocycles. The Morgan fingerprint density at radius 2 is 1.82 bits per heavy atom. The highest BCUT2D eigenvalue weighted by Gasteiger charge is 2.16. The second kappa shape index (κ2) is 11.7. The smallest absolute Gasteiger partial charge is 0.190 e. The van der Waals surface area contributed by atoms with Crippen molar-refractivity contribution < 1.29 is 0 Å². The number of piperazine rings is 1. The molecule has 5 heteroatoms. The Labute approximate surface area is 137 Å². The van der Waals surface area contributed by atoms with Crippen LogP contribution in [0.15, 0.2) is 4.99 Å². The van der Waals surface area contributed by atoms with Crippen LogP contribution in [0.2, 0.25) is 0 Å². The molecule has 1 rings (SSSR count). The van der Waals surface area contributed by atoms with E-state index in [2.05, 4.69) is 46.3 Å². The number of nitrogens with one attached hydrogen (secondary N) is 2. The van der Waals surface area contributed by atoms with Gasteiger partial charge >= 0.3 is 0 Å². The van der Waals surface area contributed by atoms with Crippen molar-refractivity contribution in [3.63, 3.8) is 0 Å². The number of rotatable bonds is 9. The first-order valence-corrected chi connectivity index (χ1v) is 9.01. The molecule has 0 amide bonds. The minimum Gasteiger partial charge on any atom is -0.356 e. The van der Waals surface area contributed by atoms with Crippen LogP contribution in [-0.4, -0.2) is 75.7 Å². The van der Waals surface area contributed by atoms with Crippen LogP contribution in [0, 0.1) is 5.92 Å². The third-order valence-electron chi connectivity index (χ3n) is 4.33. The van der Waals surface area contributed by atoms with Crippen LogP contribution in [0.5, 0.6) is 0 Å². The average molecular weight is 312 g/mol. The maximum Gasteiger partial charge on any atom is 0.190 e. The van der Waals surface area contributed by atoms with Crippen LogP contribution < -0.4 is 10.6 Å². The highest BCUT2D eigenvalue weighted by Crippen LogP contribution is 2.03. The molecular formula is C17H37N5. The fourth-order valence-electron chi connectivity index (χ4n) is 2.79. The number of unbranched alkanes of at least 4 members (excludes halogenated alkanes) is 3. The fraction of sp³-hybridized carbons (Fsp3) is 0.941. The molecule has 130 valence electrons. The van der Waals surface area contributed by atoms with Gasteiger partial charge in [-0.3, -0.25) is 4.99 Å². The number of likely N-dealkylation sites (N-methyl/N-ethyl adjacent to an activating group) is 1. The van der Waals surface area contributed by atoms with Crippen molar-refractivity contribution >= 4 is 5.96 Å². The van der Waals surface area contributed by atoms with E-state index < -0.39 is 0 Å². The van der Waals surface area contributed by atoms with E-state index in [1.807, 2.05) is 7.05 Å². The Morgan fingerprint density at radius 1 is 1.09 bits per heavy atom. The Hall–Kier alpha value is -0.810. The second-order valence-electron chi connectivity index (χ2n) is 6.65. The Morgan fingerprint density at radius 3 is 2.45 bits per heavy atom. The van der Waals surface area contributed by atoms with Crippen LogP contribution in [0.3, 0.4) is 0 Å². The average Bonchev–Trinajstić information content (AvgIpc) is 2.52. The molecule has 1 aliphatic heterocycles. The lowest BCUT2D eigenvalue weighted by molar-refractivity contribution is 0.139. The molecule has 0 saturated carbocycles. The summed E-state index contributed by atoms with van der Waals surface area (Å²) in [7, 11) is 4.06. The topological polar surface area (TPSA) is 42.9 Å². The maximum absolute atomic E-state index is 4.31. The minimum atomic E-state index is 0.641. The van der Waals surface area contributed by atoms with Gasteiger partial charge in [0.2, 0.25) is 0 Å². The molecule has 1 aliphatic rings. The molecule has 0 aromatic rings. The van der Waals surface area contributed by atoms with E-state index in [-0.39, 0.29) is 0 Å². The number of hydrogen-bond acceptors (Lipinski definition) is 3. The third kappa shape index (κ3) is 8.59. The summed E-state index contributed by atoms with van der Waals surface area (Å²) in [5, 5.41) is 6.87. The van der Waals surface area contributed by atoms with E-state index in [0.29, 0.717) is 5.92 Å². The van der Waals surface area contributed by atoms with Crippen LogP contribution in [0.25, 0.3) is 0 Å². The number of guanidine groups is 1. The minimum absolute atomic E-state index is 0.641. The zero-order chi connectivity index (χ0) is 16.2. The molecule has 0 radical (unpaired) electrons. The van der Waals surface area contributed by atoms with Gasteiger partial charge in [-0.25, -0.2) is 0 Å². The summed E-state index contributed by atoms with van der Waals surface area (Å²) >= 11 is 0. The largest absolute Gasteiger partial charge is 0.356 e. The van der Waals surface area contributed by atoms with Crippen molar-refractivity contribution in [3.05, 3.63) is 0 Å². The Kier molecular flexibility index (Phi) is 10.2. The van der Waals surface area contributed by atoms with Gasteiger partial charge in [0, 0.05) is 52.9 Å². The molecule has 2 N–H and O–H groups in total. The SMILES string of the molecule is CCCCCCNC(=NC)NCC(C)CN1CCN(C)CC1. The number of hydrogen-bond donors (Lipinski definition) is 2. The monoisotopic (exact) mass is 311 g/mol. The fourth-order valence-corrected chi connectivity index (χ4v) is 2.79. The standard InChI is InChI=1S/C17H37N5/c1-5-6-7-8-9-19-17(18-3)20-14-16(2)15-22-12-10-21(4)11-13-22/h16H,5-15H2,1-4H3,(H2,18,19,20). The molecular weight excluding hydrogens is 274 g/mol. The quantitative estimate of drug-likeness (QED) is 0.386. The highest BCUT2D eigenvalue weighted by molar-refractivity contribution is 5.79. The van der Waals surface area contributed by atoms with Gasteiger partial charge in [-0.15, -0.1) is 0 Å². The lowest BCUT2D eigenvalue weighted by atomic mass is 10.1. The maximum atomic E-state index is 4.31. The number of aliphatic imine (C=N–C) groups is 1. The van der Waals surface area contributed by atoms with E-state index in [0.717, 1.165) is 19.0 Å². The van der Waals surface area contributed by atoms with Crippen molar-refractivity contribution in [1.29, 1.82) is 0 Å². The first kappa shape index (κ1) is 19.2.